The minimum absolute atomic E-state index is 0.00531. The van der Waals surface area contributed by atoms with E-state index < -0.39 is 6.43 Å². The van der Waals surface area contributed by atoms with Crippen molar-refractivity contribution < 1.29 is 13.6 Å². The molecule has 0 aliphatic rings. The van der Waals surface area contributed by atoms with Gasteiger partial charge in [-0.25, -0.2) is 8.78 Å². The van der Waals surface area contributed by atoms with Crippen molar-refractivity contribution in [2.24, 2.45) is 0 Å². The number of thioether (sulfide) groups is 1. The molecular weight excluding hydrogens is 158 g/mol. The van der Waals surface area contributed by atoms with Gasteiger partial charge in [-0.2, -0.15) is 0 Å². The predicted octanol–water partition coefficient (Wildman–Crippen LogP) is 2.31. The Bertz CT molecular complexity index is 106. The van der Waals surface area contributed by atoms with Gasteiger partial charge < -0.3 is 0 Å². The molecule has 0 atom stereocenters. The largest absolute Gasteiger partial charge is 0.288 e. The molecular formula is C6H10F2OS. The summed E-state index contributed by atoms with van der Waals surface area (Å²) < 4.78 is 22.9. The number of carbonyl (C=O) groups excluding carboxylic acids is 1. The highest BCUT2D eigenvalue weighted by Crippen LogP contribution is 2.09. The summed E-state index contributed by atoms with van der Waals surface area (Å²) in [6, 6.07) is 0. The van der Waals surface area contributed by atoms with Crippen molar-refractivity contribution in [3.05, 3.63) is 0 Å². The van der Waals surface area contributed by atoms with Crippen LogP contribution in [-0.4, -0.2) is 17.3 Å². The van der Waals surface area contributed by atoms with Crippen LogP contribution in [0.25, 0.3) is 0 Å². The lowest BCUT2D eigenvalue weighted by atomic mass is 10.4. The fourth-order valence-electron chi connectivity index (χ4n) is 0.454. The molecule has 0 aromatic carbocycles. The lowest BCUT2D eigenvalue weighted by Crippen LogP contribution is -1.92. The first-order valence-electron chi connectivity index (χ1n) is 3.04. The van der Waals surface area contributed by atoms with E-state index in [1.54, 1.807) is 0 Å². The van der Waals surface area contributed by atoms with Crippen molar-refractivity contribution in [2.75, 3.05) is 5.75 Å². The van der Waals surface area contributed by atoms with Crippen LogP contribution < -0.4 is 0 Å². The van der Waals surface area contributed by atoms with Crippen LogP contribution in [0.2, 0.25) is 0 Å². The Morgan fingerprint density at radius 2 is 2.20 bits per heavy atom. The van der Waals surface area contributed by atoms with Gasteiger partial charge in [0.05, 0.1) is 0 Å². The molecule has 0 bridgehead atoms. The van der Waals surface area contributed by atoms with Crippen molar-refractivity contribution in [3.8, 4) is 0 Å². The number of carbonyl (C=O) groups is 1. The average Bonchev–Trinajstić information content (AvgIpc) is 1.79. The third-order valence-electron chi connectivity index (χ3n) is 0.872. The minimum atomic E-state index is -2.23. The highest BCUT2D eigenvalue weighted by atomic mass is 32.2. The number of hydrogen-bond acceptors (Lipinski definition) is 2. The van der Waals surface area contributed by atoms with Crippen molar-refractivity contribution in [1.82, 2.24) is 0 Å². The molecule has 0 rings (SSSR count). The normalized spacial score (nSPS) is 10.4. The van der Waals surface area contributed by atoms with Gasteiger partial charge in [-0.1, -0.05) is 11.8 Å². The molecule has 1 nitrogen and oxygen atoms in total. The van der Waals surface area contributed by atoms with Crippen molar-refractivity contribution >= 4 is 16.9 Å². The molecule has 60 valence electrons. The number of halogens is 2. The minimum Gasteiger partial charge on any atom is -0.288 e. The van der Waals surface area contributed by atoms with Crippen LogP contribution in [0.1, 0.15) is 19.8 Å². The molecule has 0 radical (unpaired) electrons. The Morgan fingerprint density at radius 1 is 1.60 bits per heavy atom. The van der Waals surface area contributed by atoms with Gasteiger partial charge in [-0.3, -0.25) is 4.79 Å². The Kier molecular flexibility index (Phi) is 5.58. The van der Waals surface area contributed by atoms with E-state index in [2.05, 4.69) is 0 Å². The van der Waals surface area contributed by atoms with E-state index in [1.807, 2.05) is 0 Å². The molecule has 0 heterocycles. The van der Waals surface area contributed by atoms with E-state index in [0.717, 1.165) is 11.8 Å². The molecule has 10 heavy (non-hydrogen) atoms. The maximum atomic E-state index is 11.5. The van der Waals surface area contributed by atoms with Crippen LogP contribution in [-0.2, 0) is 4.79 Å². The van der Waals surface area contributed by atoms with Crippen LogP contribution in [0.3, 0.4) is 0 Å². The van der Waals surface area contributed by atoms with Gasteiger partial charge >= 0.3 is 0 Å². The zero-order chi connectivity index (χ0) is 7.98. The molecule has 0 aromatic heterocycles. The maximum Gasteiger partial charge on any atom is 0.238 e. The molecule has 0 aromatic rings. The standard InChI is InChI=1S/C6H10F2OS/c1-5(9)10-4-2-3-6(7)8/h6H,2-4H2,1H3. The Morgan fingerprint density at radius 3 is 2.60 bits per heavy atom. The van der Waals surface area contributed by atoms with E-state index in [0.29, 0.717) is 12.2 Å². The third kappa shape index (κ3) is 7.88. The molecule has 4 heteroatoms. The molecule has 0 aliphatic heterocycles. The van der Waals surface area contributed by atoms with Gasteiger partial charge in [0, 0.05) is 19.1 Å². The molecule has 0 saturated heterocycles. The second-order valence-electron chi connectivity index (χ2n) is 1.87. The fourth-order valence-corrected chi connectivity index (χ4v) is 1.05. The summed E-state index contributed by atoms with van der Waals surface area (Å²) in [6.07, 6.45) is -1.91. The Labute approximate surface area is 63.2 Å². The van der Waals surface area contributed by atoms with E-state index >= 15 is 0 Å². The average molecular weight is 168 g/mol. The van der Waals surface area contributed by atoms with E-state index in [9.17, 15) is 13.6 Å². The summed E-state index contributed by atoms with van der Waals surface area (Å²) in [5.41, 5.74) is 0. The summed E-state index contributed by atoms with van der Waals surface area (Å²) in [6.45, 7) is 1.44. The topological polar surface area (TPSA) is 17.1 Å². The number of rotatable bonds is 4. The predicted molar refractivity (Wildman–Crippen MR) is 38.4 cm³/mol. The zero-order valence-corrected chi connectivity index (χ0v) is 6.59. The van der Waals surface area contributed by atoms with Crippen molar-refractivity contribution in [3.63, 3.8) is 0 Å². The summed E-state index contributed by atoms with van der Waals surface area (Å²) in [4.78, 5) is 10.3. The Hall–Kier alpha value is -0.120. The summed E-state index contributed by atoms with van der Waals surface area (Å²) >= 11 is 1.10. The molecule has 0 aliphatic carbocycles. The first-order chi connectivity index (χ1) is 4.63. The van der Waals surface area contributed by atoms with Crippen molar-refractivity contribution in [1.29, 1.82) is 0 Å². The highest BCUT2D eigenvalue weighted by molar-refractivity contribution is 8.13. The first kappa shape index (κ1) is 9.88. The van der Waals surface area contributed by atoms with Crippen LogP contribution in [0.4, 0.5) is 8.78 Å². The smallest absolute Gasteiger partial charge is 0.238 e. The van der Waals surface area contributed by atoms with E-state index in [4.69, 9.17) is 0 Å². The quantitative estimate of drug-likeness (QED) is 0.599. The summed E-state index contributed by atoms with van der Waals surface area (Å²) in [5, 5.41) is -0.00531. The lowest BCUT2D eigenvalue weighted by molar-refractivity contribution is -0.109. The SMILES string of the molecule is CC(=O)SCCCC(F)F. The van der Waals surface area contributed by atoms with Gasteiger partial charge in [-0.15, -0.1) is 0 Å². The van der Waals surface area contributed by atoms with Gasteiger partial charge in [0.2, 0.25) is 6.43 Å². The fraction of sp³-hybridized carbons (Fsp3) is 0.833. The molecule has 0 fully saturated rings. The molecule has 0 unspecified atom stereocenters. The van der Waals surface area contributed by atoms with Gasteiger partial charge in [0.1, 0.15) is 0 Å². The number of hydrogen-bond donors (Lipinski definition) is 0. The van der Waals surface area contributed by atoms with Crippen LogP contribution in [0.5, 0.6) is 0 Å². The molecule has 0 N–H and O–H groups in total. The molecule has 0 saturated carbocycles. The zero-order valence-electron chi connectivity index (χ0n) is 5.77. The monoisotopic (exact) mass is 168 g/mol. The lowest BCUT2D eigenvalue weighted by Gasteiger charge is -1.96. The first-order valence-corrected chi connectivity index (χ1v) is 4.03. The molecule has 0 amide bonds. The van der Waals surface area contributed by atoms with Gasteiger partial charge in [-0.05, 0) is 6.42 Å². The van der Waals surface area contributed by atoms with Gasteiger partial charge in [0.15, 0.2) is 5.12 Å². The Balaban J connectivity index is 2.98. The van der Waals surface area contributed by atoms with Crippen LogP contribution in [0.15, 0.2) is 0 Å². The van der Waals surface area contributed by atoms with Crippen molar-refractivity contribution in [2.45, 2.75) is 26.2 Å². The van der Waals surface area contributed by atoms with E-state index in [1.165, 1.54) is 6.92 Å². The number of alkyl halides is 2. The highest BCUT2D eigenvalue weighted by Gasteiger charge is 2.01. The van der Waals surface area contributed by atoms with Gasteiger partial charge in [0.25, 0.3) is 0 Å². The second-order valence-corrected chi connectivity index (χ2v) is 3.15. The second kappa shape index (κ2) is 5.65. The maximum absolute atomic E-state index is 11.5. The van der Waals surface area contributed by atoms with E-state index in [-0.39, 0.29) is 11.5 Å². The van der Waals surface area contributed by atoms with Crippen LogP contribution in [0, 0.1) is 0 Å². The summed E-state index contributed by atoms with van der Waals surface area (Å²) in [5.74, 6) is 0.514. The summed E-state index contributed by atoms with van der Waals surface area (Å²) in [7, 11) is 0. The van der Waals surface area contributed by atoms with Crippen LogP contribution >= 0.6 is 11.8 Å². The third-order valence-corrected chi connectivity index (χ3v) is 1.77. The molecule has 0 spiro atoms.